The predicted molar refractivity (Wildman–Crippen MR) is 70.7 cm³/mol. The van der Waals surface area contributed by atoms with Gasteiger partial charge in [-0.2, -0.15) is 0 Å². The molecule has 1 aromatic carbocycles. The van der Waals surface area contributed by atoms with Crippen LogP contribution < -0.4 is 11.1 Å². The normalized spacial score (nSPS) is 10.1. The molecule has 0 atom stereocenters. The first-order chi connectivity index (χ1) is 8.56. The number of hydrogen-bond donors (Lipinski definition) is 2. The van der Waals surface area contributed by atoms with Crippen LogP contribution in [-0.2, 0) is 0 Å². The molecule has 2 aromatic rings. The Bertz CT molecular complexity index is 604. The van der Waals surface area contributed by atoms with E-state index in [-0.39, 0.29) is 5.56 Å². The van der Waals surface area contributed by atoms with E-state index in [1.807, 2.05) is 0 Å². The molecule has 4 nitrogen and oxygen atoms in total. The van der Waals surface area contributed by atoms with Crippen molar-refractivity contribution in [2.75, 3.05) is 11.1 Å². The van der Waals surface area contributed by atoms with Crippen molar-refractivity contribution in [3.63, 3.8) is 0 Å². The standard InChI is InChI=1S/C12H9BrFN3O/c13-10-5-9(15)6-16-11(10)17-12(18)7-2-1-3-8(14)4-7/h1-6H,15H2,(H,16,17,18). The Hall–Kier alpha value is -1.95. The smallest absolute Gasteiger partial charge is 0.256 e. The summed E-state index contributed by atoms with van der Waals surface area (Å²) in [6.45, 7) is 0. The Morgan fingerprint density at radius 2 is 2.17 bits per heavy atom. The highest BCUT2D eigenvalue weighted by molar-refractivity contribution is 9.10. The lowest BCUT2D eigenvalue weighted by atomic mass is 10.2. The first-order valence-corrected chi connectivity index (χ1v) is 5.83. The summed E-state index contributed by atoms with van der Waals surface area (Å²) in [5.41, 5.74) is 6.23. The number of rotatable bonds is 2. The number of aromatic nitrogens is 1. The zero-order valence-corrected chi connectivity index (χ0v) is 10.7. The molecular formula is C12H9BrFN3O. The Morgan fingerprint density at radius 1 is 1.39 bits per heavy atom. The number of anilines is 2. The fraction of sp³-hybridized carbons (Fsp3) is 0. The summed E-state index contributed by atoms with van der Waals surface area (Å²) in [6, 6.07) is 7.03. The molecule has 18 heavy (non-hydrogen) atoms. The fourth-order valence-corrected chi connectivity index (χ4v) is 1.82. The van der Waals surface area contributed by atoms with Crippen LogP contribution in [0.5, 0.6) is 0 Å². The van der Waals surface area contributed by atoms with Crippen LogP contribution in [0.1, 0.15) is 10.4 Å². The summed E-state index contributed by atoms with van der Waals surface area (Å²) in [5.74, 6) is -0.571. The van der Waals surface area contributed by atoms with Crippen LogP contribution in [0.15, 0.2) is 41.0 Å². The fourth-order valence-electron chi connectivity index (χ4n) is 1.35. The molecule has 0 aliphatic carbocycles. The molecule has 0 unspecified atom stereocenters. The lowest BCUT2D eigenvalue weighted by Gasteiger charge is -2.06. The van der Waals surface area contributed by atoms with Crippen molar-refractivity contribution >= 4 is 33.3 Å². The molecule has 0 saturated heterocycles. The maximum absolute atomic E-state index is 13.0. The highest BCUT2D eigenvalue weighted by Gasteiger charge is 2.10. The number of halogens is 2. The predicted octanol–water partition coefficient (Wildman–Crippen LogP) is 2.82. The molecule has 0 aliphatic rings. The molecule has 1 heterocycles. The SMILES string of the molecule is Nc1cnc(NC(=O)c2cccc(F)c2)c(Br)c1. The van der Waals surface area contributed by atoms with E-state index in [0.717, 1.165) is 6.07 Å². The first-order valence-electron chi connectivity index (χ1n) is 5.04. The van der Waals surface area contributed by atoms with Gasteiger partial charge >= 0.3 is 0 Å². The van der Waals surface area contributed by atoms with Gasteiger partial charge in [-0.25, -0.2) is 9.37 Å². The van der Waals surface area contributed by atoms with Gasteiger partial charge in [-0.1, -0.05) is 6.07 Å². The lowest BCUT2D eigenvalue weighted by molar-refractivity contribution is 0.102. The number of carbonyl (C=O) groups is 1. The summed E-state index contributed by atoms with van der Waals surface area (Å²) in [7, 11) is 0. The van der Waals surface area contributed by atoms with E-state index in [0.29, 0.717) is 16.0 Å². The number of benzene rings is 1. The van der Waals surface area contributed by atoms with Gasteiger partial charge in [0.1, 0.15) is 11.6 Å². The topological polar surface area (TPSA) is 68.0 Å². The number of pyridine rings is 1. The van der Waals surface area contributed by atoms with E-state index in [9.17, 15) is 9.18 Å². The minimum Gasteiger partial charge on any atom is -0.397 e. The monoisotopic (exact) mass is 309 g/mol. The lowest BCUT2D eigenvalue weighted by Crippen LogP contribution is -2.13. The minimum atomic E-state index is -0.466. The highest BCUT2D eigenvalue weighted by atomic mass is 79.9. The molecule has 0 spiro atoms. The van der Waals surface area contributed by atoms with Crippen molar-refractivity contribution in [3.8, 4) is 0 Å². The largest absolute Gasteiger partial charge is 0.397 e. The maximum Gasteiger partial charge on any atom is 0.256 e. The number of nitrogens with zero attached hydrogens (tertiary/aromatic N) is 1. The summed E-state index contributed by atoms with van der Waals surface area (Å²) in [4.78, 5) is 15.8. The van der Waals surface area contributed by atoms with E-state index < -0.39 is 11.7 Å². The van der Waals surface area contributed by atoms with Crippen LogP contribution in [0, 0.1) is 5.82 Å². The number of nitrogens with one attached hydrogen (secondary N) is 1. The Balaban J connectivity index is 2.21. The second kappa shape index (κ2) is 5.14. The van der Waals surface area contributed by atoms with E-state index in [4.69, 9.17) is 5.73 Å². The van der Waals surface area contributed by atoms with Crippen molar-refractivity contribution in [1.29, 1.82) is 0 Å². The van der Waals surface area contributed by atoms with Crippen molar-refractivity contribution in [3.05, 3.63) is 52.4 Å². The summed E-state index contributed by atoms with van der Waals surface area (Å²) in [6.07, 6.45) is 1.42. The van der Waals surface area contributed by atoms with Gasteiger partial charge in [0.2, 0.25) is 0 Å². The second-order valence-electron chi connectivity index (χ2n) is 3.56. The zero-order valence-electron chi connectivity index (χ0n) is 9.15. The van der Waals surface area contributed by atoms with Crippen LogP contribution in [0.2, 0.25) is 0 Å². The van der Waals surface area contributed by atoms with Gasteiger partial charge in [-0.15, -0.1) is 0 Å². The number of hydrogen-bond acceptors (Lipinski definition) is 3. The molecule has 0 bridgehead atoms. The Kier molecular flexibility index (Phi) is 3.57. The number of nitrogens with two attached hydrogens (primary N) is 1. The van der Waals surface area contributed by atoms with Gasteiger partial charge in [-0.05, 0) is 40.2 Å². The Morgan fingerprint density at radius 3 is 2.83 bits per heavy atom. The third-order valence-corrected chi connectivity index (χ3v) is 2.79. The molecule has 92 valence electrons. The summed E-state index contributed by atoms with van der Waals surface area (Å²) >= 11 is 3.23. The van der Waals surface area contributed by atoms with E-state index in [1.165, 1.54) is 24.4 Å². The Labute approximate surface area is 111 Å². The van der Waals surface area contributed by atoms with E-state index >= 15 is 0 Å². The van der Waals surface area contributed by atoms with Crippen molar-refractivity contribution in [2.45, 2.75) is 0 Å². The number of amides is 1. The first kappa shape index (κ1) is 12.5. The van der Waals surface area contributed by atoms with Gasteiger partial charge in [0, 0.05) is 5.56 Å². The van der Waals surface area contributed by atoms with Crippen molar-refractivity contribution in [2.24, 2.45) is 0 Å². The van der Waals surface area contributed by atoms with Gasteiger partial charge in [0.05, 0.1) is 16.4 Å². The summed E-state index contributed by atoms with van der Waals surface area (Å²) < 4.78 is 13.5. The van der Waals surface area contributed by atoms with Crippen LogP contribution in [-0.4, -0.2) is 10.9 Å². The van der Waals surface area contributed by atoms with Gasteiger partial charge < -0.3 is 11.1 Å². The van der Waals surface area contributed by atoms with Gasteiger partial charge in [-0.3, -0.25) is 4.79 Å². The number of carbonyl (C=O) groups excluding carboxylic acids is 1. The molecular weight excluding hydrogens is 301 g/mol. The molecule has 0 aliphatic heterocycles. The van der Waals surface area contributed by atoms with Crippen LogP contribution in [0.4, 0.5) is 15.9 Å². The van der Waals surface area contributed by atoms with Crippen LogP contribution in [0.3, 0.4) is 0 Å². The van der Waals surface area contributed by atoms with E-state index in [2.05, 4.69) is 26.2 Å². The van der Waals surface area contributed by atoms with Crippen LogP contribution in [0.25, 0.3) is 0 Å². The van der Waals surface area contributed by atoms with Gasteiger partial charge in [0.15, 0.2) is 0 Å². The molecule has 0 fully saturated rings. The number of nitrogen functional groups attached to an aromatic ring is 1. The summed E-state index contributed by atoms with van der Waals surface area (Å²) in [5, 5.41) is 2.56. The average molecular weight is 310 g/mol. The van der Waals surface area contributed by atoms with Crippen molar-refractivity contribution in [1.82, 2.24) is 4.98 Å². The molecule has 0 radical (unpaired) electrons. The molecule has 2 rings (SSSR count). The zero-order chi connectivity index (χ0) is 13.1. The quantitative estimate of drug-likeness (QED) is 0.896. The molecule has 1 amide bonds. The molecule has 1 aromatic heterocycles. The third kappa shape index (κ3) is 2.84. The highest BCUT2D eigenvalue weighted by Crippen LogP contribution is 2.22. The average Bonchev–Trinajstić information content (AvgIpc) is 2.32. The van der Waals surface area contributed by atoms with Gasteiger partial charge in [0.25, 0.3) is 5.91 Å². The van der Waals surface area contributed by atoms with Crippen LogP contribution >= 0.6 is 15.9 Å². The second-order valence-corrected chi connectivity index (χ2v) is 4.42. The molecule has 6 heteroatoms. The molecule has 3 N–H and O–H groups in total. The van der Waals surface area contributed by atoms with Crippen molar-refractivity contribution < 1.29 is 9.18 Å². The maximum atomic E-state index is 13.0. The third-order valence-electron chi connectivity index (χ3n) is 2.18. The minimum absolute atomic E-state index is 0.223. The van der Waals surface area contributed by atoms with E-state index in [1.54, 1.807) is 6.07 Å². The molecule has 0 saturated carbocycles.